The van der Waals surface area contributed by atoms with E-state index in [1.807, 2.05) is 6.92 Å². The van der Waals surface area contributed by atoms with Crippen LogP contribution in [0.4, 0.5) is 0 Å². The van der Waals surface area contributed by atoms with Crippen LogP contribution in [0.2, 0.25) is 0 Å². The summed E-state index contributed by atoms with van der Waals surface area (Å²) in [5, 5.41) is 0. The first-order valence-electron chi connectivity index (χ1n) is 9.39. The second-order valence-electron chi connectivity index (χ2n) is 6.23. The van der Waals surface area contributed by atoms with Gasteiger partial charge in [-0.3, -0.25) is 9.59 Å². The van der Waals surface area contributed by atoms with Gasteiger partial charge >= 0.3 is 11.9 Å². The van der Waals surface area contributed by atoms with Crippen LogP contribution in [0.5, 0.6) is 0 Å². The molecule has 0 aliphatic heterocycles. The fourth-order valence-corrected chi connectivity index (χ4v) is 2.56. The van der Waals surface area contributed by atoms with E-state index in [2.05, 4.69) is 11.7 Å². The number of carbonyl (C=O) groups excluding carboxylic acids is 2. The van der Waals surface area contributed by atoms with Crippen molar-refractivity contribution in [3.8, 4) is 0 Å². The van der Waals surface area contributed by atoms with Crippen molar-refractivity contribution in [3.63, 3.8) is 0 Å². The Morgan fingerprint density at radius 2 is 1.35 bits per heavy atom. The van der Waals surface area contributed by atoms with Crippen LogP contribution >= 0.6 is 0 Å². The van der Waals surface area contributed by atoms with E-state index in [1.165, 1.54) is 58.5 Å². The average molecular weight is 328 g/mol. The minimum Gasteiger partial charge on any atom is -0.469 e. The molecule has 0 bridgehead atoms. The highest BCUT2D eigenvalue weighted by atomic mass is 16.5. The smallest absolute Gasteiger partial charge is 0.309 e. The zero-order valence-corrected chi connectivity index (χ0v) is 15.4. The monoisotopic (exact) mass is 328 g/mol. The van der Waals surface area contributed by atoms with Crippen molar-refractivity contribution in [2.75, 3.05) is 13.7 Å². The molecule has 1 unspecified atom stereocenters. The van der Waals surface area contributed by atoms with E-state index in [4.69, 9.17) is 4.74 Å². The zero-order valence-electron chi connectivity index (χ0n) is 15.4. The molecule has 0 spiro atoms. The maximum absolute atomic E-state index is 11.9. The predicted molar refractivity (Wildman–Crippen MR) is 93.2 cm³/mol. The van der Waals surface area contributed by atoms with Gasteiger partial charge in [-0.2, -0.15) is 0 Å². The number of methoxy groups -OCH3 is 1. The van der Waals surface area contributed by atoms with Crippen LogP contribution in [-0.2, 0) is 19.1 Å². The average Bonchev–Trinajstić information content (AvgIpc) is 2.56. The highest BCUT2D eigenvalue weighted by molar-refractivity contribution is 5.79. The Hall–Kier alpha value is -1.06. The molecule has 0 N–H and O–H groups in total. The van der Waals surface area contributed by atoms with Gasteiger partial charge in [-0.25, -0.2) is 0 Å². The maximum atomic E-state index is 11.9. The molecule has 4 nitrogen and oxygen atoms in total. The van der Waals surface area contributed by atoms with Gasteiger partial charge in [0.15, 0.2) is 0 Å². The molecular formula is C19H36O4. The highest BCUT2D eigenvalue weighted by Gasteiger charge is 2.21. The summed E-state index contributed by atoms with van der Waals surface area (Å²) in [5.41, 5.74) is 0. The van der Waals surface area contributed by atoms with Crippen LogP contribution in [0, 0.1) is 5.92 Å². The Balaban J connectivity index is 3.49. The van der Waals surface area contributed by atoms with E-state index >= 15 is 0 Å². The Morgan fingerprint density at radius 3 is 1.83 bits per heavy atom. The van der Waals surface area contributed by atoms with Crippen molar-refractivity contribution >= 4 is 11.9 Å². The lowest BCUT2D eigenvalue weighted by molar-refractivity contribution is -0.154. The Labute approximate surface area is 142 Å². The van der Waals surface area contributed by atoms with Gasteiger partial charge < -0.3 is 9.47 Å². The molecule has 0 aliphatic rings. The number of hydrogen-bond donors (Lipinski definition) is 0. The summed E-state index contributed by atoms with van der Waals surface area (Å²) in [7, 11) is 1.34. The molecule has 4 heteroatoms. The third-order valence-electron chi connectivity index (χ3n) is 4.21. The Bertz CT molecular complexity index is 302. The number of ether oxygens (including phenoxy) is 2. The van der Waals surface area contributed by atoms with Crippen molar-refractivity contribution < 1.29 is 19.1 Å². The molecular weight excluding hydrogens is 292 g/mol. The molecule has 23 heavy (non-hydrogen) atoms. The van der Waals surface area contributed by atoms with Crippen molar-refractivity contribution in [1.82, 2.24) is 0 Å². The van der Waals surface area contributed by atoms with Crippen LogP contribution < -0.4 is 0 Å². The van der Waals surface area contributed by atoms with Gasteiger partial charge in [-0.15, -0.1) is 0 Å². The Kier molecular flexibility index (Phi) is 15.1. The first kappa shape index (κ1) is 21.9. The molecule has 0 amide bonds. The Morgan fingerprint density at radius 1 is 0.826 bits per heavy atom. The number of carbonyl (C=O) groups is 2. The van der Waals surface area contributed by atoms with Crippen LogP contribution in [-0.4, -0.2) is 25.7 Å². The van der Waals surface area contributed by atoms with Gasteiger partial charge in [0, 0.05) is 0 Å². The number of rotatable bonds is 15. The molecule has 1 atom stereocenters. The maximum Gasteiger partial charge on any atom is 0.309 e. The zero-order chi connectivity index (χ0) is 17.3. The molecule has 0 aromatic rings. The third kappa shape index (κ3) is 13.1. The minimum absolute atomic E-state index is 0.115. The number of hydrogen-bond acceptors (Lipinski definition) is 4. The summed E-state index contributed by atoms with van der Waals surface area (Å²) in [5.74, 6) is -0.993. The van der Waals surface area contributed by atoms with Crippen LogP contribution in [0.3, 0.4) is 0 Å². The third-order valence-corrected chi connectivity index (χ3v) is 4.21. The number of esters is 2. The fourth-order valence-electron chi connectivity index (χ4n) is 2.56. The van der Waals surface area contributed by atoms with E-state index in [9.17, 15) is 9.59 Å². The van der Waals surface area contributed by atoms with Crippen molar-refractivity contribution in [2.24, 2.45) is 5.92 Å². The topological polar surface area (TPSA) is 52.6 Å². The SMILES string of the molecule is CCCCCCCCCCCCOC(=O)C(CC)CC(=O)OC. The van der Waals surface area contributed by atoms with E-state index in [-0.39, 0.29) is 24.3 Å². The van der Waals surface area contributed by atoms with Crippen molar-refractivity contribution in [3.05, 3.63) is 0 Å². The second-order valence-corrected chi connectivity index (χ2v) is 6.23. The molecule has 0 aromatic heterocycles. The summed E-state index contributed by atoms with van der Waals surface area (Å²) < 4.78 is 9.86. The molecule has 0 radical (unpaired) electrons. The first-order valence-corrected chi connectivity index (χ1v) is 9.39. The predicted octanol–water partition coefficient (Wildman–Crippen LogP) is 5.04. The van der Waals surface area contributed by atoms with Crippen LogP contribution in [0.1, 0.15) is 90.9 Å². The molecule has 0 rings (SSSR count). The molecule has 0 saturated heterocycles. The van der Waals surface area contributed by atoms with E-state index < -0.39 is 0 Å². The van der Waals surface area contributed by atoms with Gasteiger partial charge in [0.1, 0.15) is 0 Å². The molecule has 0 aliphatic carbocycles. The van der Waals surface area contributed by atoms with E-state index in [0.29, 0.717) is 13.0 Å². The molecule has 0 fully saturated rings. The summed E-state index contributed by atoms with van der Waals surface area (Å²) >= 11 is 0. The minimum atomic E-state index is -0.370. The lowest BCUT2D eigenvalue weighted by Gasteiger charge is -2.12. The molecule has 136 valence electrons. The second kappa shape index (κ2) is 15.8. The summed E-state index contributed by atoms with van der Waals surface area (Å²) in [6.07, 6.45) is 13.3. The molecule has 0 aromatic carbocycles. The van der Waals surface area contributed by atoms with Crippen LogP contribution in [0.15, 0.2) is 0 Å². The largest absolute Gasteiger partial charge is 0.469 e. The quantitative estimate of drug-likeness (QED) is 0.312. The van der Waals surface area contributed by atoms with Gasteiger partial charge in [-0.1, -0.05) is 71.6 Å². The highest BCUT2D eigenvalue weighted by Crippen LogP contribution is 2.13. The van der Waals surface area contributed by atoms with Crippen molar-refractivity contribution in [2.45, 2.75) is 90.9 Å². The van der Waals surface area contributed by atoms with E-state index in [1.54, 1.807) is 0 Å². The van der Waals surface area contributed by atoms with Gasteiger partial charge in [0.05, 0.1) is 26.1 Å². The van der Waals surface area contributed by atoms with E-state index in [0.717, 1.165) is 12.8 Å². The standard InChI is InChI=1S/C19H36O4/c1-4-6-7-8-9-10-11-12-13-14-15-23-19(21)17(5-2)16-18(20)22-3/h17H,4-16H2,1-3H3. The molecule has 0 heterocycles. The fraction of sp³-hybridized carbons (Fsp3) is 0.895. The lowest BCUT2D eigenvalue weighted by atomic mass is 10.0. The summed E-state index contributed by atoms with van der Waals surface area (Å²) in [4.78, 5) is 23.1. The summed E-state index contributed by atoms with van der Waals surface area (Å²) in [6, 6.07) is 0. The lowest BCUT2D eigenvalue weighted by Crippen LogP contribution is -2.21. The van der Waals surface area contributed by atoms with Crippen molar-refractivity contribution in [1.29, 1.82) is 0 Å². The summed E-state index contributed by atoms with van der Waals surface area (Å²) in [6.45, 7) is 4.59. The number of unbranched alkanes of at least 4 members (excludes halogenated alkanes) is 9. The molecule has 0 saturated carbocycles. The van der Waals surface area contributed by atoms with Crippen LogP contribution in [0.25, 0.3) is 0 Å². The van der Waals surface area contributed by atoms with Gasteiger partial charge in [0.25, 0.3) is 0 Å². The van der Waals surface area contributed by atoms with Gasteiger partial charge in [0.2, 0.25) is 0 Å². The normalized spacial score (nSPS) is 12.0. The first-order chi connectivity index (χ1) is 11.2. The van der Waals surface area contributed by atoms with Gasteiger partial charge in [-0.05, 0) is 12.8 Å².